The lowest BCUT2D eigenvalue weighted by molar-refractivity contribution is 0.251. The van der Waals surface area contributed by atoms with Gasteiger partial charge in [0.05, 0.1) is 18.4 Å². The predicted molar refractivity (Wildman–Crippen MR) is 94.5 cm³/mol. The second-order valence-electron chi connectivity index (χ2n) is 6.32. The molecular formula is C16H24N8O. The number of anilines is 2. The van der Waals surface area contributed by atoms with Gasteiger partial charge in [0.15, 0.2) is 6.33 Å². The fourth-order valence-electron chi connectivity index (χ4n) is 3.09. The molecule has 2 aromatic heterocycles. The highest BCUT2D eigenvalue weighted by molar-refractivity contribution is 5.89. The van der Waals surface area contributed by atoms with Gasteiger partial charge in [-0.05, 0) is 50.0 Å². The van der Waals surface area contributed by atoms with Crippen LogP contribution in [0.2, 0.25) is 0 Å². The summed E-state index contributed by atoms with van der Waals surface area (Å²) >= 11 is 0. The molecule has 25 heavy (non-hydrogen) atoms. The number of amides is 2. The summed E-state index contributed by atoms with van der Waals surface area (Å²) in [5.74, 6) is 1.01. The molecule has 3 rings (SSSR count). The number of nitrogens with one attached hydrogen (secondary N) is 2. The number of carbonyl (C=O) groups is 1. The third-order valence-electron chi connectivity index (χ3n) is 4.37. The molecule has 3 heterocycles. The summed E-state index contributed by atoms with van der Waals surface area (Å²) in [6.45, 7) is 6.19. The fraction of sp³-hybridized carbons (Fsp3) is 0.562. The van der Waals surface area contributed by atoms with E-state index in [0.717, 1.165) is 17.9 Å². The molecule has 1 aliphatic heterocycles. The van der Waals surface area contributed by atoms with Crippen molar-refractivity contribution in [1.82, 2.24) is 30.5 Å². The lowest BCUT2D eigenvalue weighted by atomic mass is 10.0. The van der Waals surface area contributed by atoms with E-state index in [0.29, 0.717) is 24.8 Å². The molecule has 1 unspecified atom stereocenters. The average molecular weight is 344 g/mol. The minimum atomic E-state index is -0.277. The average Bonchev–Trinajstić information content (AvgIpc) is 3.09. The third-order valence-corrected chi connectivity index (χ3v) is 4.37. The molecule has 0 radical (unpaired) electrons. The van der Waals surface area contributed by atoms with Crippen molar-refractivity contribution in [3.63, 3.8) is 0 Å². The maximum absolute atomic E-state index is 12.0. The number of hydrogen-bond acceptors (Lipinski definition) is 6. The Morgan fingerprint density at radius 3 is 3.00 bits per heavy atom. The molecule has 1 saturated heterocycles. The van der Waals surface area contributed by atoms with Crippen LogP contribution in [0.3, 0.4) is 0 Å². The van der Waals surface area contributed by atoms with Crippen molar-refractivity contribution < 1.29 is 4.79 Å². The molecule has 2 aromatic rings. The van der Waals surface area contributed by atoms with Crippen molar-refractivity contribution in [3.05, 3.63) is 24.2 Å². The molecule has 0 aromatic carbocycles. The maximum Gasteiger partial charge on any atom is 0.319 e. The summed E-state index contributed by atoms with van der Waals surface area (Å²) in [5, 5.41) is 16.8. The number of piperidine rings is 1. The van der Waals surface area contributed by atoms with Crippen molar-refractivity contribution in [2.24, 2.45) is 0 Å². The zero-order chi connectivity index (χ0) is 17.6. The zero-order valence-electron chi connectivity index (χ0n) is 14.6. The number of hydrogen-bond donors (Lipinski definition) is 2. The van der Waals surface area contributed by atoms with Crippen LogP contribution in [0.15, 0.2) is 18.6 Å². The normalized spacial score (nSPS) is 17.4. The van der Waals surface area contributed by atoms with E-state index in [9.17, 15) is 4.79 Å². The van der Waals surface area contributed by atoms with Crippen LogP contribution in [-0.2, 0) is 6.54 Å². The van der Waals surface area contributed by atoms with Gasteiger partial charge in [0.1, 0.15) is 5.82 Å². The van der Waals surface area contributed by atoms with Crippen molar-refractivity contribution in [2.75, 3.05) is 23.3 Å². The van der Waals surface area contributed by atoms with E-state index < -0.39 is 0 Å². The number of rotatable bonds is 5. The van der Waals surface area contributed by atoms with E-state index in [2.05, 4.69) is 42.9 Å². The Kier molecular flexibility index (Phi) is 5.42. The predicted octanol–water partition coefficient (Wildman–Crippen LogP) is 1.58. The molecule has 134 valence electrons. The number of carbonyl (C=O) groups excluding carboxylic acids is 1. The van der Waals surface area contributed by atoms with E-state index in [-0.39, 0.29) is 6.03 Å². The number of aromatic nitrogens is 5. The Labute approximate surface area is 146 Å². The molecule has 1 fully saturated rings. The summed E-state index contributed by atoms with van der Waals surface area (Å²) in [6.07, 6.45) is 6.75. The molecule has 0 bridgehead atoms. The highest BCUT2D eigenvalue weighted by Gasteiger charge is 2.21. The highest BCUT2D eigenvalue weighted by atomic mass is 16.2. The summed E-state index contributed by atoms with van der Waals surface area (Å²) in [5.41, 5.74) is 1.75. The maximum atomic E-state index is 12.0. The molecule has 1 aliphatic rings. The van der Waals surface area contributed by atoms with Crippen LogP contribution >= 0.6 is 0 Å². The number of aryl methyl sites for hydroxylation is 1. The molecule has 2 amide bonds. The van der Waals surface area contributed by atoms with Gasteiger partial charge in [-0.25, -0.2) is 9.78 Å². The Balaban J connectivity index is 1.54. The van der Waals surface area contributed by atoms with E-state index in [1.807, 2.05) is 13.0 Å². The van der Waals surface area contributed by atoms with Crippen LogP contribution in [0, 0.1) is 6.92 Å². The van der Waals surface area contributed by atoms with Crippen LogP contribution < -0.4 is 15.5 Å². The first-order chi connectivity index (χ1) is 12.1. The van der Waals surface area contributed by atoms with Gasteiger partial charge in [0, 0.05) is 19.1 Å². The summed E-state index contributed by atoms with van der Waals surface area (Å²) in [6, 6.07) is 2.19. The first kappa shape index (κ1) is 17.1. The largest absolute Gasteiger partial charge is 0.354 e. The first-order valence-electron chi connectivity index (χ1n) is 8.62. The number of urea groups is 1. The van der Waals surface area contributed by atoms with Crippen molar-refractivity contribution >= 4 is 17.5 Å². The Hall–Kier alpha value is -2.71. The Bertz CT molecular complexity index is 702. The van der Waals surface area contributed by atoms with Crippen molar-refractivity contribution in [3.8, 4) is 0 Å². The molecule has 1 atom stereocenters. The lowest BCUT2D eigenvalue weighted by Gasteiger charge is -2.35. The van der Waals surface area contributed by atoms with Crippen molar-refractivity contribution in [1.29, 1.82) is 0 Å². The summed E-state index contributed by atoms with van der Waals surface area (Å²) in [7, 11) is 0. The minimum Gasteiger partial charge on any atom is -0.354 e. The van der Waals surface area contributed by atoms with Crippen LogP contribution in [0.25, 0.3) is 0 Å². The molecule has 9 heteroatoms. The summed E-state index contributed by atoms with van der Waals surface area (Å²) in [4.78, 5) is 20.3. The second-order valence-corrected chi connectivity index (χ2v) is 6.32. The van der Waals surface area contributed by atoms with Gasteiger partial charge in [0.2, 0.25) is 0 Å². The van der Waals surface area contributed by atoms with Gasteiger partial charge in [-0.15, -0.1) is 10.2 Å². The van der Waals surface area contributed by atoms with Gasteiger partial charge in [-0.3, -0.25) is 0 Å². The highest BCUT2D eigenvalue weighted by Crippen LogP contribution is 2.27. The standard InChI is InChI=1S/C16H24N8O/c1-12-9-14(10-18-15(12)23-7-4-3-5-13(23)2)21-16(25)17-6-8-24-20-11-19-22-24/h9-11,13H,3-8H2,1-2H3,(H2,17,21,25). The second kappa shape index (κ2) is 7.91. The molecule has 2 N–H and O–H groups in total. The Morgan fingerprint density at radius 1 is 1.40 bits per heavy atom. The van der Waals surface area contributed by atoms with Crippen LogP contribution in [0.1, 0.15) is 31.7 Å². The molecular weight excluding hydrogens is 320 g/mol. The van der Waals surface area contributed by atoms with E-state index >= 15 is 0 Å². The molecule has 9 nitrogen and oxygen atoms in total. The van der Waals surface area contributed by atoms with E-state index in [4.69, 9.17) is 0 Å². The first-order valence-corrected chi connectivity index (χ1v) is 8.62. The number of pyridine rings is 1. The summed E-state index contributed by atoms with van der Waals surface area (Å²) < 4.78 is 0. The van der Waals surface area contributed by atoms with Gasteiger partial charge < -0.3 is 15.5 Å². The quantitative estimate of drug-likeness (QED) is 0.854. The molecule has 0 aliphatic carbocycles. The van der Waals surface area contributed by atoms with Crippen LogP contribution in [0.5, 0.6) is 0 Å². The topological polar surface area (TPSA) is 101 Å². The zero-order valence-corrected chi connectivity index (χ0v) is 14.6. The number of tetrazole rings is 1. The fourth-order valence-corrected chi connectivity index (χ4v) is 3.09. The smallest absolute Gasteiger partial charge is 0.319 e. The van der Waals surface area contributed by atoms with Crippen LogP contribution in [-0.4, -0.2) is 50.4 Å². The van der Waals surface area contributed by atoms with Crippen LogP contribution in [0.4, 0.5) is 16.3 Å². The van der Waals surface area contributed by atoms with Gasteiger partial charge in [-0.1, -0.05) is 0 Å². The number of nitrogens with zero attached hydrogens (tertiary/aromatic N) is 6. The van der Waals surface area contributed by atoms with Crippen molar-refractivity contribution in [2.45, 2.75) is 45.7 Å². The minimum absolute atomic E-state index is 0.277. The lowest BCUT2D eigenvalue weighted by Crippen LogP contribution is -2.38. The van der Waals surface area contributed by atoms with E-state index in [1.165, 1.54) is 30.4 Å². The van der Waals surface area contributed by atoms with E-state index in [1.54, 1.807) is 6.20 Å². The third kappa shape index (κ3) is 4.43. The molecule has 0 saturated carbocycles. The van der Waals surface area contributed by atoms with Gasteiger partial charge >= 0.3 is 6.03 Å². The monoisotopic (exact) mass is 344 g/mol. The molecule has 0 spiro atoms. The SMILES string of the molecule is Cc1cc(NC(=O)NCCn2ncnn2)cnc1N1CCCCC1C. The van der Waals surface area contributed by atoms with Gasteiger partial charge in [-0.2, -0.15) is 4.80 Å². The Morgan fingerprint density at radius 2 is 2.28 bits per heavy atom. The van der Waals surface area contributed by atoms with Gasteiger partial charge in [0.25, 0.3) is 0 Å².